The minimum absolute atomic E-state index is 0.0198. The van der Waals surface area contributed by atoms with Crippen molar-refractivity contribution in [3.8, 4) is 5.75 Å². The monoisotopic (exact) mass is 1130 g/mol. The van der Waals surface area contributed by atoms with Gasteiger partial charge in [0.05, 0.1) is 156 Å². The first kappa shape index (κ1) is 64.4. The fourth-order valence-corrected chi connectivity index (χ4v) is 9.07. The van der Waals surface area contributed by atoms with Crippen LogP contribution in [0, 0.1) is 29.2 Å². The summed E-state index contributed by atoms with van der Waals surface area (Å²) in [6, 6.07) is 12.2. The zero-order valence-corrected chi connectivity index (χ0v) is 45.9. The summed E-state index contributed by atoms with van der Waals surface area (Å²) in [5.74, 6) is -8.29. The van der Waals surface area contributed by atoms with Crippen LogP contribution in [0.3, 0.4) is 0 Å². The number of halogens is 4. The average Bonchev–Trinajstić information content (AvgIpc) is 3.73. The number of hydrogen-bond acceptors (Lipinski definition) is 18. The van der Waals surface area contributed by atoms with Gasteiger partial charge in [-0.2, -0.15) is 8.78 Å². The van der Waals surface area contributed by atoms with Crippen molar-refractivity contribution in [2.45, 2.75) is 52.4 Å². The number of aliphatic imine (C=N–C) groups is 1. The van der Waals surface area contributed by atoms with Gasteiger partial charge in [0.15, 0.2) is 11.6 Å². The number of carbonyl (C=O) groups is 2. The molecule has 78 heavy (non-hydrogen) atoms. The number of hydroxylamine groups is 2. The van der Waals surface area contributed by atoms with Gasteiger partial charge in [-0.3, -0.25) is 14.4 Å². The quantitative estimate of drug-likeness (QED) is 0.0145. The number of piperidine rings is 1. The largest absolute Gasteiger partial charge is 0.420 e. The molecule has 1 saturated heterocycles. The molecular formula is C55H78F4N4O14S. The summed E-state index contributed by atoms with van der Waals surface area (Å²) in [4.78, 5) is 41.0. The highest BCUT2D eigenvalue weighted by Gasteiger charge is 2.26. The molecular weight excluding hydrogens is 1050 g/mol. The molecule has 2 aromatic carbocycles. The van der Waals surface area contributed by atoms with E-state index in [4.69, 9.17) is 57.2 Å². The molecule has 5 rings (SSSR count). The van der Waals surface area contributed by atoms with Gasteiger partial charge in [0.2, 0.25) is 17.4 Å². The Labute approximate surface area is 459 Å². The molecule has 1 aromatic heterocycles. The molecule has 1 amide bonds. The smallest absolute Gasteiger partial charge is 0.313 e. The van der Waals surface area contributed by atoms with E-state index in [1.807, 2.05) is 50.3 Å². The summed E-state index contributed by atoms with van der Waals surface area (Å²) >= 11 is 1.74. The number of likely N-dealkylation sites (tertiary alicyclic amines) is 1. The second-order valence-corrected chi connectivity index (χ2v) is 19.0. The van der Waals surface area contributed by atoms with Gasteiger partial charge in [0.1, 0.15) is 5.84 Å². The highest BCUT2D eigenvalue weighted by atomic mass is 32.1. The molecule has 0 saturated carbocycles. The average molecular weight is 1130 g/mol. The first-order chi connectivity index (χ1) is 38.1. The van der Waals surface area contributed by atoms with Gasteiger partial charge in [-0.25, -0.2) is 18.8 Å². The highest BCUT2D eigenvalue weighted by Crippen LogP contribution is 2.38. The molecule has 436 valence electrons. The summed E-state index contributed by atoms with van der Waals surface area (Å²) in [5, 5.41) is 4.94. The number of amidine groups is 1. The number of fused-ring (bicyclic) bond motifs is 1. The lowest BCUT2D eigenvalue weighted by Gasteiger charge is -2.31. The summed E-state index contributed by atoms with van der Waals surface area (Å²) in [6.07, 6.45) is 6.05. The molecule has 23 heteroatoms. The van der Waals surface area contributed by atoms with Gasteiger partial charge in [0.25, 0.3) is 5.91 Å². The van der Waals surface area contributed by atoms with E-state index < -0.39 is 41.4 Å². The summed E-state index contributed by atoms with van der Waals surface area (Å²) in [5.41, 5.74) is 2.49. The van der Waals surface area contributed by atoms with E-state index in [1.54, 1.807) is 11.3 Å². The maximum atomic E-state index is 13.7. The van der Waals surface area contributed by atoms with Crippen molar-refractivity contribution in [2.75, 3.05) is 170 Å². The molecule has 0 aliphatic carbocycles. The van der Waals surface area contributed by atoms with Crippen LogP contribution in [0.25, 0.3) is 6.08 Å². The fraction of sp³-hybridized carbons (Fsp3) is 0.618. The van der Waals surface area contributed by atoms with Gasteiger partial charge in [0, 0.05) is 41.7 Å². The Morgan fingerprint density at radius 2 is 1.15 bits per heavy atom. The van der Waals surface area contributed by atoms with E-state index >= 15 is 0 Å². The third-order valence-electron chi connectivity index (χ3n) is 11.8. The van der Waals surface area contributed by atoms with E-state index in [2.05, 4.69) is 21.0 Å². The van der Waals surface area contributed by atoms with Gasteiger partial charge >= 0.3 is 5.97 Å². The second-order valence-electron chi connectivity index (χ2n) is 17.8. The molecule has 18 nitrogen and oxygen atoms in total. The number of anilines is 1. The summed E-state index contributed by atoms with van der Waals surface area (Å²) in [6.45, 7) is 15.6. The van der Waals surface area contributed by atoms with Gasteiger partial charge in [-0.05, 0) is 75.9 Å². The number of para-hydroxylation sites is 1. The number of rotatable bonds is 42. The first-order valence-corrected chi connectivity index (χ1v) is 27.7. The Hall–Kier alpha value is -4.47. The first-order valence-electron chi connectivity index (χ1n) is 26.9. The van der Waals surface area contributed by atoms with Crippen molar-refractivity contribution in [2.24, 2.45) is 10.9 Å². The predicted molar refractivity (Wildman–Crippen MR) is 285 cm³/mol. The molecule has 3 aromatic rings. The Balaban J connectivity index is 0.749. The van der Waals surface area contributed by atoms with Crippen molar-refractivity contribution in [3.63, 3.8) is 0 Å². The van der Waals surface area contributed by atoms with Gasteiger partial charge in [-0.1, -0.05) is 25.1 Å². The molecule has 0 bridgehead atoms. The molecule has 0 spiro atoms. The minimum Gasteiger partial charge on any atom is -0.420 e. The van der Waals surface area contributed by atoms with Crippen LogP contribution in [0.4, 0.5) is 28.9 Å². The molecule has 0 radical (unpaired) electrons. The second kappa shape index (κ2) is 39.0. The third-order valence-corrected chi connectivity index (χ3v) is 12.9. The molecule has 1 fully saturated rings. The molecule has 0 unspecified atom stereocenters. The highest BCUT2D eigenvalue weighted by molar-refractivity contribution is 7.13. The maximum Gasteiger partial charge on any atom is 0.313 e. The van der Waals surface area contributed by atoms with Crippen molar-refractivity contribution < 1.29 is 84.1 Å². The van der Waals surface area contributed by atoms with Crippen molar-refractivity contribution in [1.29, 1.82) is 0 Å². The van der Waals surface area contributed by atoms with E-state index in [0.717, 1.165) is 67.4 Å². The van der Waals surface area contributed by atoms with Gasteiger partial charge in [-0.15, -0.1) is 11.3 Å². The molecule has 2 aliphatic heterocycles. The van der Waals surface area contributed by atoms with Crippen LogP contribution in [0.5, 0.6) is 5.75 Å². The van der Waals surface area contributed by atoms with E-state index in [-0.39, 0.29) is 31.8 Å². The lowest BCUT2D eigenvalue weighted by molar-refractivity contribution is -0.180. The molecule has 0 atom stereocenters. The van der Waals surface area contributed by atoms with E-state index in [1.165, 1.54) is 9.94 Å². The zero-order chi connectivity index (χ0) is 55.4. The topological polar surface area (TPSA) is 176 Å². The van der Waals surface area contributed by atoms with Crippen LogP contribution in [0.1, 0.15) is 55.7 Å². The molecule has 1 N–H and O–H groups in total. The van der Waals surface area contributed by atoms with Crippen LogP contribution < -0.4 is 10.1 Å². The maximum absolute atomic E-state index is 13.7. The number of ether oxygens (including phenoxy) is 11. The Bertz CT molecular complexity index is 2190. The lowest BCUT2D eigenvalue weighted by Crippen LogP contribution is -2.36. The van der Waals surface area contributed by atoms with E-state index in [0.29, 0.717) is 143 Å². The number of esters is 1. The van der Waals surface area contributed by atoms with Gasteiger partial charge < -0.3 is 62.3 Å². The number of nitrogens with one attached hydrogen (secondary N) is 1. The SMILES string of the molecule is CCCN(OCC)C(=O)C1=Cc2sc(CC3CCN(CCOCCOCCOCCOCCOCCOCCOCCOCCOCCOCCC(=O)Oc4c(F)c(F)cc(F)c4F)CC3)cc2N=C(Nc2ccccc2)C1. The van der Waals surface area contributed by atoms with Crippen molar-refractivity contribution in [1.82, 2.24) is 9.96 Å². The normalized spacial score (nSPS) is 14.0. The number of benzene rings is 2. The Kier molecular flexibility index (Phi) is 32.2. The van der Waals surface area contributed by atoms with Crippen molar-refractivity contribution in [3.05, 3.63) is 81.1 Å². The third kappa shape index (κ3) is 25.3. The summed E-state index contributed by atoms with van der Waals surface area (Å²) < 4.78 is 113. The van der Waals surface area contributed by atoms with Crippen LogP contribution in [0.2, 0.25) is 0 Å². The van der Waals surface area contributed by atoms with E-state index in [9.17, 15) is 27.2 Å². The minimum atomic E-state index is -1.80. The number of hydrogen-bond donors (Lipinski definition) is 1. The molecule has 2 aliphatic rings. The number of nitrogens with zero attached hydrogens (tertiary/aromatic N) is 3. The lowest BCUT2D eigenvalue weighted by atomic mass is 9.93. The van der Waals surface area contributed by atoms with Crippen LogP contribution in [-0.4, -0.2) is 193 Å². The van der Waals surface area contributed by atoms with Crippen molar-refractivity contribution >= 4 is 46.5 Å². The number of thiophene rings is 1. The Morgan fingerprint density at radius 3 is 1.64 bits per heavy atom. The Morgan fingerprint density at radius 1 is 0.667 bits per heavy atom. The van der Waals surface area contributed by atoms with Crippen LogP contribution >= 0.6 is 11.3 Å². The predicted octanol–water partition coefficient (Wildman–Crippen LogP) is 7.84. The standard InChI is InChI=1S/C55H78F4N4O14S/c1-3-13-63(76-4-2)55(65)43-38-49-48(61-50(39-43)60-44-8-6-5-7-9-44)40-45(78-49)37-42-10-14-62(15-11-42)16-18-67-20-22-69-24-26-71-28-30-73-32-34-75-36-35-74-33-31-72-29-27-70-25-23-68-21-19-66-17-12-51(64)77-54-52(58)46(56)41-47(57)53(54)59/h5-9,38,40-42H,3-4,10-37,39H2,1-2H3,(H,60,61). The molecule has 3 heterocycles. The van der Waals surface area contributed by atoms with Crippen LogP contribution in [0.15, 0.2) is 53.0 Å². The number of amides is 1. The zero-order valence-electron chi connectivity index (χ0n) is 45.1. The fourth-order valence-electron chi connectivity index (χ4n) is 7.89. The number of carbonyl (C=O) groups excluding carboxylic acids is 2. The van der Waals surface area contributed by atoms with Crippen LogP contribution in [-0.2, 0) is 68.2 Å². The summed E-state index contributed by atoms with van der Waals surface area (Å²) in [7, 11) is 0.